The van der Waals surface area contributed by atoms with Crippen molar-refractivity contribution in [2.24, 2.45) is 0 Å². The van der Waals surface area contributed by atoms with Gasteiger partial charge in [0.15, 0.2) is 0 Å². The van der Waals surface area contributed by atoms with Crippen molar-refractivity contribution in [2.75, 3.05) is 5.32 Å². The fraction of sp³-hybridized carbons (Fsp3) is 0. The SMILES string of the molecule is O=C([O-])/C=C\C(=O)Nc1ccc(-c2ccccc2)cc1. The maximum Gasteiger partial charge on any atom is 0.248 e. The van der Waals surface area contributed by atoms with Gasteiger partial charge in [-0.15, -0.1) is 0 Å². The van der Waals surface area contributed by atoms with E-state index in [4.69, 9.17) is 0 Å². The highest BCUT2D eigenvalue weighted by Crippen LogP contribution is 2.20. The summed E-state index contributed by atoms with van der Waals surface area (Å²) in [5, 5.41) is 12.7. The quantitative estimate of drug-likeness (QED) is 0.854. The van der Waals surface area contributed by atoms with Gasteiger partial charge in [-0.25, -0.2) is 0 Å². The maximum absolute atomic E-state index is 11.4. The second kappa shape index (κ2) is 6.33. The molecule has 0 aliphatic rings. The molecule has 2 rings (SSSR count). The predicted molar refractivity (Wildman–Crippen MR) is 74.7 cm³/mol. The number of anilines is 1. The number of hydrogen-bond acceptors (Lipinski definition) is 3. The van der Waals surface area contributed by atoms with Gasteiger partial charge in [0.05, 0.1) is 5.97 Å². The molecule has 0 unspecified atom stereocenters. The molecule has 0 bridgehead atoms. The minimum atomic E-state index is -1.40. The van der Waals surface area contributed by atoms with Gasteiger partial charge in [-0.1, -0.05) is 42.5 Å². The van der Waals surface area contributed by atoms with Crippen LogP contribution in [0.2, 0.25) is 0 Å². The minimum Gasteiger partial charge on any atom is -0.545 e. The second-order valence-electron chi connectivity index (χ2n) is 4.08. The minimum absolute atomic E-state index is 0.512. The summed E-state index contributed by atoms with van der Waals surface area (Å²) in [6.45, 7) is 0. The van der Waals surface area contributed by atoms with E-state index in [9.17, 15) is 14.7 Å². The van der Waals surface area contributed by atoms with Crippen LogP contribution in [-0.2, 0) is 9.59 Å². The molecule has 4 heteroatoms. The Bertz CT molecular complexity index is 631. The highest BCUT2D eigenvalue weighted by Gasteiger charge is 1.99. The average molecular weight is 266 g/mol. The van der Waals surface area contributed by atoms with Crippen molar-refractivity contribution in [3.8, 4) is 11.1 Å². The molecule has 2 aromatic carbocycles. The van der Waals surface area contributed by atoms with E-state index in [1.165, 1.54) is 0 Å². The highest BCUT2D eigenvalue weighted by atomic mass is 16.4. The molecule has 0 atom stereocenters. The number of rotatable bonds is 4. The molecule has 0 saturated heterocycles. The topological polar surface area (TPSA) is 69.2 Å². The van der Waals surface area contributed by atoms with Gasteiger partial charge in [0.1, 0.15) is 0 Å². The van der Waals surface area contributed by atoms with Gasteiger partial charge in [-0.3, -0.25) is 4.79 Å². The second-order valence-corrected chi connectivity index (χ2v) is 4.08. The van der Waals surface area contributed by atoms with Crippen molar-refractivity contribution in [2.45, 2.75) is 0 Å². The van der Waals surface area contributed by atoms with E-state index in [2.05, 4.69) is 5.32 Å². The van der Waals surface area contributed by atoms with Crippen molar-refractivity contribution >= 4 is 17.6 Å². The van der Waals surface area contributed by atoms with E-state index in [1.807, 2.05) is 42.5 Å². The summed E-state index contributed by atoms with van der Waals surface area (Å²) in [6, 6.07) is 17.1. The van der Waals surface area contributed by atoms with Crippen LogP contribution in [0.15, 0.2) is 66.7 Å². The Kier molecular flexibility index (Phi) is 4.29. The number of amides is 1. The predicted octanol–water partition coefficient (Wildman–Crippen LogP) is 1.60. The Hall–Kier alpha value is -2.88. The molecule has 1 amide bonds. The van der Waals surface area contributed by atoms with Crippen molar-refractivity contribution < 1.29 is 14.7 Å². The Morgan fingerprint density at radius 2 is 1.45 bits per heavy atom. The average Bonchev–Trinajstić information content (AvgIpc) is 2.47. The van der Waals surface area contributed by atoms with Crippen molar-refractivity contribution in [3.63, 3.8) is 0 Å². The Morgan fingerprint density at radius 1 is 0.850 bits per heavy atom. The van der Waals surface area contributed by atoms with Crippen LogP contribution in [0.1, 0.15) is 0 Å². The van der Waals surface area contributed by atoms with Gasteiger partial charge in [-0.05, 0) is 29.3 Å². The van der Waals surface area contributed by atoms with E-state index in [0.29, 0.717) is 11.8 Å². The smallest absolute Gasteiger partial charge is 0.248 e. The van der Waals surface area contributed by atoms with Crippen LogP contribution in [0, 0.1) is 0 Å². The lowest BCUT2D eigenvalue weighted by Crippen LogP contribution is -2.20. The third kappa shape index (κ3) is 3.81. The molecule has 0 radical (unpaired) electrons. The van der Waals surface area contributed by atoms with Gasteiger partial charge in [0, 0.05) is 11.8 Å². The van der Waals surface area contributed by atoms with E-state index >= 15 is 0 Å². The summed E-state index contributed by atoms with van der Waals surface area (Å²) >= 11 is 0. The largest absolute Gasteiger partial charge is 0.545 e. The van der Waals surface area contributed by atoms with E-state index in [-0.39, 0.29) is 0 Å². The van der Waals surface area contributed by atoms with Crippen LogP contribution >= 0.6 is 0 Å². The Morgan fingerprint density at radius 3 is 2.05 bits per heavy atom. The van der Waals surface area contributed by atoms with Gasteiger partial charge in [-0.2, -0.15) is 0 Å². The third-order valence-electron chi connectivity index (χ3n) is 2.63. The summed E-state index contributed by atoms with van der Waals surface area (Å²) in [4.78, 5) is 21.6. The zero-order chi connectivity index (χ0) is 14.4. The van der Waals surface area contributed by atoms with E-state index in [0.717, 1.165) is 17.2 Å². The number of carbonyl (C=O) groups excluding carboxylic acids is 2. The van der Waals surface area contributed by atoms with E-state index in [1.54, 1.807) is 12.1 Å². The molecule has 0 fully saturated rings. The first-order valence-electron chi connectivity index (χ1n) is 6.01. The molecule has 0 aliphatic heterocycles. The molecule has 0 saturated carbocycles. The van der Waals surface area contributed by atoms with Crippen LogP contribution in [0.4, 0.5) is 5.69 Å². The molecular weight excluding hydrogens is 254 g/mol. The third-order valence-corrected chi connectivity index (χ3v) is 2.63. The van der Waals surface area contributed by atoms with E-state index < -0.39 is 11.9 Å². The fourth-order valence-electron chi connectivity index (χ4n) is 1.70. The highest BCUT2D eigenvalue weighted by molar-refractivity contribution is 6.02. The number of carboxylic acid groups (broad SMARTS) is 1. The standard InChI is InChI=1S/C16H13NO3/c18-15(10-11-16(19)20)17-14-8-6-13(7-9-14)12-4-2-1-3-5-12/h1-11H,(H,17,18)(H,19,20)/p-1/b11-10-. The molecule has 1 N–H and O–H groups in total. The van der Waals surface area contributed by atoms with Crippen LogP contribution in [0.5, 0.6) is 0 Å². The van der Waals surface area contributed by atoms with Crippen LogP contribution < -0.4 is 10.4 Å². The fourth-order valence-corrected chi connectivity index (χ4v) is 1.70. The maximum atomic E-state index is 11.4. The normalized spacial score (nSPS) is 10.4. The van der Waals surface area contributed by atoms with Crippen LogP contribution in [-0.4, -0.2) is 11.9 Å². The first-order chi connectivity index (χ1) is 9.65. The number of carboxylic acids is 1. The van der Waals surface area contributed by atoms with Gasteiger partial charge in [0.2, 0.25) is 5.91 Å². The molecule has 20 heavy (non-hydrogen) atoms. The Balaban J connectivity index is 2.06. The first-order valence-corrected chi connectivity index (χ1v) is 6.01. The summed E-state index contributed by atoms with van der Waals surface area (Å²) < 4.78 is 0. The molecule has 0 aromatic heterocycles. The zero-order valence-corrected chi connectivity index (χ0v) is 10.6. The Labute approximate surface area is 116 Å². The number of aliphatic carboxylic acids is 1. The van der Waals surface area contributed by atoms with Crippen LogP contribution in [0.3, 0.4) is 0 Å². The van der Waals surface area contributed by atoms with Crippen LogP contribution in [0.25, 0.3) is 11.1 Å². The molecule has 0 aliphatic carbocycles. The summed E-state index contributed by atoms with van der Waals surface area (Å²) in [5.41, 5.74) is 2.72. The van der Waals surface area contributed by atoms with Crippen molar-refractivity contribution in [1.29, 1.82) is 0 Å². The summed E-state index contributed by atoms with van der Waals surface area (Å²) in [7, 11) is 0. The lowest BCUT2D eigenvalue weighted by Gasteiger charge is -2.05. The lowest BCUT2D eigenvalue weighted by molar-refractivity contribution is -0.297. The lowest BCUT2D eigenvalue weighted by atomic mass is 10.1. The molecule has 0 heterocycles. The zero-order valence-electron chi connectivity index (χ0n) is 10.6. The number of carbonyl (C=O) groups is 2. The van der Waals surface area contributed by atoms with Gasteiger partial charge >= 0.3 is 0 Å². The summed E-state index contributed by atoms with van der Waals surface area (Å²) in [6.07, 6.45) is 1.61. The van der Waals surface area contributed by atoms with Gasteiger partial charge in [0.25, 0.3) is 0 Å². The monoisotopic (exact) mass is 266 g/mol. The summed E-state index contributed by atoms with van der Waals surface area (Å²) in [5.74, 6) is -1.92. The number of nitrogens with one attached hydrogen (secondary N) is 1. The number of benzene rings is 2. The molecular formula is C16H12NO3-. The van der Waals surface area contributed by atoms with Crippen molar-refractivity contribution in [1.82, 2.24) is 0 Å². The van der Waals surface area contributed by atoms with Gasteiger partial charge < -0.3 is 15.2 Å². The molecule has 4 nitrogen and oxygen atoms in total. The molecule has 0 spiro atoms. The van der Waals surface area contributed by atoms with Crippen molar-refractivity contribution in [3.05, 3.63) is 66.7 Å². The first kappa shape index (κ1) is 13.5. The molecule has 100 valence electrons. The molecule has 2 aromatic rings. The number of hydrogen-bond donors (Lipinski definition) is 1.